The number of piperazine rings is 1. The molecular weight excluding hydrogens is 252 g/mol. The Morgan fingerprint density at radius 3 is 2.30 bits per heavy atom. The largest absolute Gasteiger partial charge is 0.469 e. The summed E-state index contributed by atoms with van der Waals surface area (Å²) in [6.45, 7) is 8.13. The van der Waals surface area contributed by atoms with Crippen molar-refractivity contribution in [3.63, 3.8) is 0 Å². The second-order valence-electron chi connectivity index (χ2n) is 5.43. The summed E-state index contributed by atoms with van der Waals surface area (Å²) in [5.41, 5.74) is 2.68. The van der Waals surface area contributed by atoms with E-state index in [1.807, 2.05) is 0 Å². The Kier molecular flexibility index (Phi) is 5.56. The molecule has 0 aliphatic carbocycles. The van der Waals surface area contributed by atoms with Gasteiger partial charge in [0.25, 0.3) is 0 Å². The van der Waals surface area contributed by atoms with Crippen LogP contribution in [0.5, 0.6) is 0 Å². The molecule has 20 heavy (non-hydrogen) atoms. The minimum atomic E-state index is -0.118. The van der Waals surface area contributed by atoms with E-state index in [4.69, 9.17) is 0 Å². The van der Waals surface area contributed by atoms with E-state index in [1.54, 1.807) is 0 Å². The summed E-state index contributed by atoms with van der Waals surface area (Å²) in [5.74, 6) is -0.118. The molecule has 1 aromatic rings. The van der Waals surface area contributed by atoms with Crippen molar-refractivity contribution in [1.82, 2.24) is 9.80 Å². The van der Waals surface area contributed by atoms with E-state index in [2.05, 4.69) is 45.7 Å². The van der Waals surface area contributed by atoms with E-state index in [9.17, 15) is 4.79 Å². The van der Waals surface area contributed by atoms with Crippen LogP contribution in [0.2, 0.25) is 0 Å². The summed E-state index contributed by atoms with van der Waals surface area (Å²) in [4.78, 5) is 15.9. The molecule has 0 saturated carbocycles. The second kappa shape index (κ2) is 7.41. The molecule has 0 amide bonds. The van der Waals surface area contributed by atoms with E-state index in [1.165, 1.54) is 18.2 Å². The Morgan fingerprint density at radius 1 is 1.10 bits per heavy atom. The van der Waals surface area contributed by atoms with Crippen LogP contribution in [-0.2, 0) is 16.1 Å². The first-order valence-electron chi connectivity index (χ1n) is 7.24. The van der Waals surface area contributed by atoms with Crippen molar-refractivity contribution in [2.24, 2.45) is 0 Å². The highest BCUT2D eigenvalue weighted by Crippen LogP contribution is 2.10. The first kappa shape index (κ1) is 15.0. The minimum Gasteiger partial charge on any atom is -0.469 e. The maximum Gasteiger partial charge on any atom is 0.306 e. The van der Waals surface area contributed by atoms with Gasteiger partial charge < -0.3 is 9.64 Å². The zero-order chi connectivity index (χ0) is 14.4. The van der Waals surface area contributed by atoms with Crippen molar-refractivity contribution in [3.8, 4) is 0 Å². The lowest BCUT2D eigenvalue weighted by atomic mass is 10.1. The molecule has 2 rings (SSSR count). The number of hydrogen-bond donors (Lipinski definition) is 0. The van der Waals surface area contributed by atoms with Gasteiger partial charge in [-0.25, -0.2) is 0 Å². The molecule has 1 heterocycles. The molecule has 4 heteroatoms. The molecule has 0 spiro atoms. The number of nitrogens with zero attached hydrogens (tertiary/aromatic N) is 2. The highest BCUT2D eigenvalue weighted by atomic mass is 16.5. The maximum absolute atomic E-state index is 11.1. The van der Waals surface area contributed by atoms with Gasteiger partial charge in [-0.05, 0) is 12.5 Å². The van der Waals surface area contributed by atoms with Crippen LogP contribution >= 0.6 is 0 Å². The zero-order valence-electron chi connectivity index (χ0n) is 12.5. The fraction of sp³-hybridized carbons (Fsp3) is 0.562. The molecule has 1 aromatic carbocycles. The average molecular weight is 276 g/mol. The van der Waals surface area contributed by atoms with E-state index in [0.717, 1.165) is 39.3 Å². The molecule has 0 radical (unpaired) electrons. The molecular formula is C16H24N2O2. The smallest absolute Gasteiger partial charge is 0.306 e. The maximum atomic E-state index is 11.1. The predicted molar refractivity (Wildman–Crippen MR) is 79.5 cm³/mol. The van der Waals surface area contributed by atoms with Gasteiger partial charge in [0.05, 0.1) is 13.5 Å². The van der Waals surface area contributed by atoms with Gasteiger partial charge in [-0.1, -0.05) is 29.8 Å². The van der Waals surface area contributed by atoms with Gasteiger partial charge in [-0.3, -0.25) is 9.69 Å². The molecule has 1 aliphatic heterocycles. The zero-order valence-corrected chi connectivity index (χ0v) is 12.5. The standard InChI is InChI=1S/C16H24N2O2/c1-14-3-5-15(6-4-14)13-18-11-9-17(10-12-18)8-7-16(19)20-2/h3-6H,7-13H2,1-2H3. The third kappa shape index (κ3) is 4.62. The molecule has 1 fully saturated rings. The molecule has 4 nitrogen and oxygen atoms in total. The third-order valence-electron chi connectivity index (χ3n) is 3.85. The first-order valence-corrected chi connectivity index (χ1v) is 7.24. The van der Waals surface area contributed by atoms with Crippen molar-refractivity contribution in [1.29, 1.82) is 0 Å². The summed E-state index contributed by atoms with van der Waals surface area (Å²) in [5, 5.41) is 0. The number of esters is 1. The summed E-state index contributed by atoms with van der Waals surface area (Å²) in [7, 11) is 1.45. The Morgan fingerprint density at radius 2 is 1.70 bits per heavy atom. The fourth-order valence-electron chi connectivity index (χ4n) is 2.47. The van der Waals surface area contributed by atoms with Crippen LogP contribution in [0.4, 0.5) is 0 Å². The van der Waals surface area contributed by atoms with Crippen molar-refractivity contribution in [2.45, 2.75) is 19.9 Å². The first-order chi connectivity index (χ1) is 9.67. The van der Waals surface area contributed by atoms with Crippen LogP contribution in [0.3, 0.4) is 0 Å². The number of methoxy groups -OCH3 is 1. The van der Waals surface area contributed by atoms with E-state index in [0.29, 0.717) is 6.42 Å². The van der Waals surface area contributed by atoms with Gasteiger partial charge in [-0.15, -0.1) is 0 Å². The lowest BCUT2D eigenvalue weighted by molar-refractivity contribution is -0.141. The molecule has 110 valence electrons. The number of ether oxygens (including phenoxy) is 1. The average Bonchev–Trinajstić information content (AvgIpc) is 2.48. The van der Waals surface area contributed by atoms with Crippen LogP contribution < -0.4 is 0 Å². The van der Waals surface area contributed by atoms with Crippen molar-refractivity contribution in [2.75, 3.05) is 39.8 Å². The van der Waals surface area contributed by atoms with Gasteiger partial charge in [0.15, 0.2) is 0 Å². The summed E-state index contributed by atoms with van der Waals surface area (Å²) in [6.07, 6.45) is 0.495. The Bertz CT molecular complexity index is 423. The normalized spacial score (nSPS) is 17.1. The van der Waals surface area contributed by atoms with Crippen LogP contribution in [0.25, 0.3) is 0 Å². The molecule has 0 atom stereocenters. The number of carbonyl (C=O) groups is 1. The summed E-state index contributed by atoms with van der Waals surface area (Å²) >= 11 is 0. The lowest BCUT2D eigenvalue weighted by Crippen LogP contribution is -2.46. The topological polar surface area (TPSA) is 32.8 Å². The lowest BCUT2D eigenvalue weighted by Gasteiger charge is -2.34. The highest BCUT2D eigenvalue weighted by Gasteiger charge is 2.17. The molecule has 0 unspecified atom stereocenters. The molecule has 1 saturated heterocycles. The van der Waals surface area contributed by atoms with Crippen LogP contribution in [-0.4, -0.2) is 55.6 Å². The Balaban J connectivity index is 1.71. The van der Waals surface area contributed by atoms with Gasteiger partial charge in [0.2, 0.25) is 0 Å². The van der Waals surface area contributed by atoms with Crippen LogP contribution in [0.1, 0.15) is 17.5 Å². The van der Waals surface area contributed by atoms with Gasteiger partial charge >= 0.3 is 5.97 Å². The number of benzene rings is 1. The summed E-state index contributed by atoms with van der Waals surface area (Å²) < 4.78 is 4.68. The number of rotatable bonds is 5. The van der Waals surface area contributed by atoms with Crippen molar-refractivity contribution in [3.05, 3.63) is 35.4 Å². The van der Waals surface area contributed by atoms with Crippen molar-refractivity contribution < 1.29 is 9.53 Å². The van der Waals surface area contributed by atoms with Crippen LogP contribution in [0.15, 0.2) is 24.3 Å². The summed E-state index contributed by atoms with van der Waals surface area (Å²) in [6, 6.07) is 8.75. The number of carbonyl (C=O) groups excluding carboxylic acids is 1. The number of aryl methyl sites for hydroxylation is 1. The van der Waals surface area contributed by atoms with E-state index in [-0.39, 0.29) is 5.97 Å². The molecule has 0 N–H and O–H groups in total. The molecule has 0 bridgehead atoms. The minimum absolute atomic E-state index is 0.118. The second-order valence-corrected chi connectivity index (χ2v) is 5.43. The highest BCUT2D eigenvalue weighted by molar-refractivity contribution is 5.69. The SMILES string of the molecule is COC(=O)CCN1CCN(Cc2ccc(C)cc2)CC1. The predicted octanol–water partition coefficient (Wildman–Crippen LogP) is 1.68. The van der Waals surface area contributed by atoms with Crippen molar-refractivity contribution >= 4 is 5.97 Å². The fourth-order valence-corrected chi connectivity index (χ4v) is 2.47. The Labute approximate surface area is 121 Å². The van der Waals surface area contributed by atoms with Crippen LogP contribution in [0, 0.1) is 6.92 Å². The molecule has 1 aliphatic rings. The van der Waals surface area contributed by atoms with E-state index < -0.39 is 0 Å². The quantitative estimate of drug-likeness (QED) is 0.766. The molecule has 0 aromatic heterocycles. The third-order valence-corrected chi connectivity index (χ3v) is 3.85. The Hall–Kier alpha value is -1.39. The monoisotopic (exact) mass is 276 g/mol. The van der Waals surface area contributed by atoms with Gasteiger partial charge in [0.1, 0.15) is 0 Å². The number of hydrogen-bond acceptors (Lipinski definition) is 4. The van der Waals surface area contributed by atoms with E-state index >= 15 is 0 Å². The van der Waals surface area contributed by atoms with Gasteiger partial charge in [-0.2, -0.15) is 0 Å². The van der Waals surface area contributed by atoms with Gasteiger partial charge in [0, 0.05) is 39.3 Å².